The summed E-state index contributed by atoms with van der Waals surface area (Å²) in [6.07, 6.45) is 10.3. The SMILES string of the molecule is CCC1(CNC(=O)[C@@H](N)Cc2cn(Cc3ccccc3)cn2)CCCC1. The highest BCUT2D eigenvalue weighted by Crippen LogP contribution is 2.40. The van der Waals surface area contributed by atoms with Crippen LogP contribution in [0.5, 0.6) is 0 Å². The summed E-state index contributed by atoms with van der Waals surface area (Å²) in [5.41, 5.74) is 8.48. The molecule has 1 aliphatic rings. The lowest BCUT2D eigenvalue weighted by Crippen LogP contribution is -2.45. The van der Waals surface area contributed by atoms with Gasteiger partial charge in [-0.1, -0.05) is 50.1 Å². The molecule has 1 aromatic carbocycles. The molecule has 3 N–H and O–H groups in total. The van der Waals surface area contributed by atoms with Gasteiger partial charge in [0.05, 0.1) is 18.1 Å². The van der Waals surface area contributed by atoms with Gasteiger partial charge in [-0.25, -0.2) is 4.98 Å². The molecule has 1 amide bonds. The smallest absolute Gasteiger partial charge is 0.237 e. The Kier molecular flexibility index (Phi) is 6.09. The Balaban J connectivity index is 1.49. The molecule has 1 heterocycles. The third kappa shape index (κ3) is 4.73. The summed E-state index contributed by atoms with van der Waals surface area (Å²) < 4.78 is 2.03. The first kappa shape index (κ1) is 18.6. The van der Waals surface area contributed by atoms with Gasteiger partial charge in [0.2, 0.25) is 5.91 Å². The first-order valence-corrected chi connectivity index (χ1v) is 9.68. The topological polar surface area (TPSA) is 72.9 Å². The summed E-state index contributed by atoms with van der Waals surface area (Å²) >= 11 is 0. The summed E-state index contributed by atoms with van der Waals surface area (Å²) in [4.78, 5) is 16.8. The second-order valence-corrected chi connectivity index (χ2v) is 7.61. The van der Waals surface area contributed by atoms with Crippen LogP contribution >= 0.6 is 0 Å². The lowest BCUT2D eigenvalue weighted by atomic mass is 9.83. The Morgan fingerprint density at radius 2 is 2.04 bits per heavy atom. The number of amides is 1. The molecule has 1 saturated carbocycles. The van der Waals surface area contributed by atoms with E-state index in [-0.39, 0.29) is 11.3 Å². The molecule has 1 aromatic heterocycles. The summed E-state index contributed by atoms with van der Waals surface area (Å²) in [5.74, 6) is -0.0673. The van der Waals surface area contributed by atoms with E-state index in [0.717, 1.165) is 25.2 Å². The Bertz CT molecular complexity index is 704. The van der Waals surface area contributed by atoms with Crippen molar-refractivity contribution in [2.75, 3.05) is 6.54 Å². The van der Waals surface area contributed by atoms with Crippen molar-refractivity contribution in [3.63, 3.8) is 0 Å². The van der Waals surface area contributed by atoms with E-state index in [1.54, 1.807) is 6.33 Å². The maximum atomic E-state index is 12.4. The molecule has 0 aliphatic heterocycles. The summed E-state index contributed by atoms with van der Waals surface area (Å²) in [6.45, 7) is 3.74. The molecule has 3 rings (SSSR count). The molecular formula is C21H30N4O. The van der Waals surface area contributed by atoms with Crippen LogP contribution in [0.2, 0.25) is 0 Å². The van der Waals surface area contributed by atoms with Crippen molar-refractivity contribution in [3.8, 4) is 0 Å². The van der Waals surface area contributed by atoms with E-state index in [0.29, 0.717) is 6.42 Å². The fraction of sp³-hybridized carbons (Fsp3) is 0.524. The number of hydrogen-bond donors (Lipinski definition) is 2. The molecule has 0 radical (unpaired) electrons. The average molecular weight is 354 g/mol. The maximum absolute atomic E-state index is 12.4. The number of nitrogens with one attached hydrogen (secondary N) is 1. The summed E-state index contributed by atoms with van der Waals surface area (Å²) in [5, 5.41) is 3.08. The first-order chi connectivity index (χ1) is 12.6. The Morgan fingerprint density at radius 1 is 1.31 bits per heavy atom. The van der Waals surface area contributed by atoms with E-state index >= 15 is 0 Å². The third-order valence-electron chi connectivity index (χ3n) is 5.71. The summed E-state index contributed by atoms with van der Waals surface area (Å²) in [6, 6.07) is 9.69. The molecular weight excluding hydrogens is 324 g/mol. The number of nitrogens with two attached hydrogens (primary N) is 1. The van der Waals surface area contributed by atoms with Crippen LogP contribution in [0.3, 0.4) is 0 Å². The number of carbonyl (C=O) groups is 1. The van der Waals surface area contributed by atoms with E-state index in [9.17, 15) is 4.79 Å². The second-order valence-electron chi connectivity index (χ2n) is 7.61. The van der Waals surface area contributed by atoms with Crippen LogP contribution in [0, 0.1) is 5.41 Å². The van der Waals surface area contributed by atoms with Crippen molar-refractivity contribution in [2.45, 2.75) is 58.0 Å². The molecule has 0 unspecified atom stereocenters. The van der Waals surface area contributed by atoms with Crippen LogP contribution in [-0.4, -0.2) is 28.0 Å². The van der Waals surface area contributed by atoms with E-state index in [1.165, 1.54) is 31.2 Å². The molecule has 0 spiro atoms. The predicted molar refractivity (Wildman–Crippen MR) is 104 cm³/mol. The quantitative estimate of drug-likeness (QED) is 0.765. The minimum Gasteiger partial charge on any atom is -0.354 e. The molecule has 1 fully saturated rings. The number of benzene rings is 1. The predicted octanol–water partition coefficient (Wildman–Crippen LogP) is 2.89. The Labute approximate surface area is 156 Å². The molecule has 1 atom stereocenters. The summed E-state index contributed by atoms with van der Waals surface area (Å²) in [7, 11) is 0. The Morgan fingerprint density at radius 3 is 2.73 bits per heavy atom. The number of hydrogen-bond acceptors (Lipinski definition) is 3. The maximum Gasteiger partial charge on any atom is 0.237 e. The Hall–Kier alpha value is -2.14. The highest BCUT2D eigenvalue weighted by molar-refractivity contribution is 5.81. The van der Waals surface area contributed by atoms with Crippen LogP contribution < -0.4 is 11.1 Å². The zero-order valence-corrected chi connectivity index (χ0v) is 15.7. The molecule has 1 aliphatic carbocycles. The molecule has 5 nitrogen and oxygen atoms in total. The minimum atomic E-state index is -0.551. The number of carbonyl (C=O) groups excluding carboxylic acids is 1. The largest absolute Gasteiger partial charge is 0.354 e. The van der Waals surface area contributed by atoms with Crippen molar-refractivity contribution in [3.05, 3.63) is 54.1 Å². The molecule has 5 heteroatoms. The highest BCUT2D eigenvalue weighted by atomic mass is 16.2. The van der Waals surface area contributed by atoms with Gasteiger partial charge < -0.3 is 15.6 Å². The van der Waals surface area contributed by atoms with Crippen LogP contribution in [-0.2, 0) is 17.8 Å². The number of aromatic nitrogens is 2. The van der Waals surface area contributed by atoms with Gasteiger partial charge in [0.15, 0.2) is 0 Å². The lowest BCUT2D eigenvalue weighted by Gasteiger charge is -2.28. The van der Waals surface area contributed by atoms with E-state index in [4.69, 9.17) is 5.73 Å². The van der Waals surface area contributed by atoms with E-state index < -0.39 is 6.04 Å². The van der Waals surface area contributed by atoms with Crippen molar-refractivity contribution in [1.82, 2.24) is 14.9 Å². The van der Waals surface area contributed by atoms with Crippen molar-refractivity contribution in [2.24, 2.45) is 11.1 Å². The van der Waals surface area contributed by atoms with Crippen LogP contribution in [0.1, 0.15) is 50.3 Å². The van der Waals surface area contributed by atoms with Gasteiger partial charge in [0.25, 0.3) is 0 Å². The number of rotatable bonds is 8. The average Bonchev–Trinajstić information content (AvgIpc) is 3.30. The van der Waals surface area contributed by atoms with Gasteiger partial charge in [-0.05, 0) is 30.2 Å². The van der Waals surface area contributed by atoms with E-state index in [1.807, 2.05) is 29.0 Å². The van der Waals surface area contributed by atoms with E-state index in [2.05, 4.69) is 29.4 Å². The molecule has 2 aromatic rings. The third-order valence-corrected chi connectivity index (χ3v) is 5.71. The van der Waals surface area contributed by atoms with Gasteiger partial charge in [0.1, 0.15) is 0 Å². The zero-order valence-electron chi connectivity index (χ0n) is 15.7. The van der Waals surface area contributed by atoms with Gasteiger partial charge >= 0.3 is 0 Å². The van der Waals surface area contributed by atoms with Gasteiger partial charge in [-0.3, -0.25) is 4.79 Å². The highest BCUT2D eigenvalue weighted by Gasteiger charge is 2.32. The fourth-order valence-electron chi connectivity index (χ4n) is 3.90. The number of imidazole rings is 1. The van der Waals surface area contributed by atoms with Crippen LogP contribution in [0.15, 0.2) is 42.9 Å². The molecule has 140 valence electrons. The lowest BCUT2D eigenvalue weighted by molar-refractivity contribution is -0.122. The molecule has 26 heavy (non-hydrogen) atoms. The van der Waals surface area contributed by atoms with Gasteiger partial charge in [-0.15, -0.1) is 0 Å². The first-order valence-electron chi connectivity index (χ1n) is 9.68. The second kappa shape index (κ2) is 8.49. The van der Waals surface area contributed by atoms with Gasteiger partial charge in [0, 0.05) is 25.7 Å². The van der Waals surface area contributed by atoms with Crippen molar-refractivity contribution < 1.29 is 4.79 Å². The van der Waals surface area contributed by atoms with Crippen LogP contribution in [0.25, 0.3) is 0 Å². The monoisotopic (exact) mass is 354 g/mol. The number of nitrogens with zero attached hydrogens (tertiary/aromatic N) is 2. The standard InChI is InChI=1S/C21H30N4O/c1-2-21(10-6-7-11-21)15-23-20(26)19(22)12-18-14-25(16-24-18)13-17-8-4-3-5-9-17/h3-5,8-9,14,16,19H,2,6-7,10-13,15,22H2,1H3,(H,23,26)/t19-/m0/s1. The minimum absolute atomic E-state index is 0.0673. The fourth-order valence-corrected chi connectivity index (χ4v) is 3.90. The molecule has 0 saturated heterocycles. The van der Waals surface area contributed by atoms with Crippen molar-refractivity contribution >= 4 is 5.91 Å². The van der Waals surface area contributed by atoms with Crippen LogP contribution in [0.4, 0.5) is 0 Å². The zero-order chi connectivity index (χ0) is 18.4. The van der Waals surface area contributed by atoms with Crippen molar-refractivity contribution in [1.29, 1.82) is 0 Å². The van der Waals surface area contributed by atoms with Gasteiger partial charge in [-0.2, -0.15) is 0 Å². The normalized spacial score (nSPS) is 17.2. The molecule has 0 bridgehead atoms.